The minimum atomic E-state index is 0.0225. The number of fused-ring (bicyclic) bond motifs is 6. The molecular weight excluding hydrogens is 404 g/mol. The predicted octanol–water partition coefficient (Wildman–Crippen LogP) is 9.57. The van der Waals surface area contributed by atoms with Crippen LogP contribution in [-0.4, -0.2) is 0 Å². The SMILES string of the molecule is CC(C)c1cc(-c2ccc3c(c2)oc2c(C(C)(C)C)cccc23)cc2oc3ccccc3c12. The van der Waals surface area contributed by atoms with Crippen LogP contribution in [0, 0.1) is 0 Å². The largest absolute Gasteiger partial charge is 0.456 e. The molecule has 0 N–H and O–H groups in total. The molecule has 0 bridgehead atoms. The average Bonchev–Trinajstić information content (AvgIpc) is 3.34. The molecule has 6 rings (SSSR count). The molecule has 0 aliphatic carbocycles. The van der Waals surface area contributed by atoms with Crippen molar-refractivity contribution >= 4 is 43.9 Å². The number of rotatable bonds is 2. The predicted molar refractivity (Wildman–Crippen MR) is 139 cm³/mol. The third-order valence-electron chi connectivity index (χ3n) is 6.77. The van der Waals surface area contributed by atoms with Gasteiger partial charge in [0.05, 0.1) is 0 Å². The lowest BCUT2D eigenvalue weighted by molar-refractivity contribution is 0.573. The second-order valence-electron chi connectivity index (χ2n) is 10.4. The number of para-hydroxylation sites is 2. The highest BCUT2D eigenvalue weighted by atomic mass is 16.3. The molecule has 164 valence electrons. The second-order valence-corrected chi connectivity index (χ2v) is 10.4. The maximum atomic E-state index is 6.46. The van der Waals surface area contributed by atoms with Crippen LogP contribution in [0.2, 0.25) is 0 Å². The number of hydrogen-bond donors (Lipinski definition) is 0. The van der Waals surface area contributed by atoms with E-state index in [0.717, 1.165) is 38.8 Å². The Morgan fingerprint density at radius 3 is 2.18 bits per heavy atom. The topological polar surface area (TPSA) is 26.3 Å². The van der Waals surface area contributed by atoms with E-state index in [4.69, 9.17) is 8.83 Å². The summed E-state index contributed by atoms with van der Waals surface area (Å²) in [7, 11) is 0. The van der Waals surface area contributed by atoms with Gasteiger partial charge >= 0.3 is 0 Å². The Morgan fingerprint density at radius 1 is 0.636 bits per heavy atom. The van der Waals surface area contributed by atoms with Crippen molar-refractivity contribution in [2.75, 3.05) is 0 Å². The molecule has 2 heteroatoms. The molecule has 0 saturated carbocycles. The van der Waals surface area contributed by atoms with Crippen molar-refractivity contribution in [2.45, 2.75) is 46.0 Å². The molecule has 0 aliphatic heterocycles. The first-order valence-corrected chi connectivity index (χ1v) is 11.7. The molecule has 0 radical (unpaired) electrons. The van der Waals surface area contributed by atoms with E-state index in [0.29, 0.717) is 5.92 Å². The Bertz CT molecular complexity index is 1670. The lowest BCUT2D eigenvalue weighted by atomic mass is 9.86. The first-order valence-electron chi connectivity index (χ1n) is 11.7. The Balaban J connectivity index is 1.59. The normalized spacial score (nSPS) is 12.7. The van der Waals surface area contributed by atoms with Crippen molar-refractivity contribution in [3.05, 3.63) is 83.9 Å². The molecule has 6 aromatic rings. The van der Waals surface area contributed by atoms with Gasteiger partial charge in [0.1, 0.15) is 22.3 Å². The monoisotopic (exact) mass is 432 g/mol. The first-order chi connectivity index (χ1) is 15.8. The summed E-state index contributed by atoms with van der Waals surface area (Å²) < 4.78 is 12.7. The van der Waals surface area contributed by atoms with Crippen molar-refractivity contribution in [3.8, 4) is 11.1 Å². The summed E-state index contributed by atoms with van der Waals surface area (Å²) in [5, 5.41) is 4.75. The molecule has 33 heavy (non-hydrogen) atoms. The highest BCUT2D eigenvalue weighted by Crippen LogP contribution is 2.40. The van der Waals surface area contributed by atoms with Gasteiger partial charge in [-0.05, 0) is 52.3 Å². The van der Waals surface area contributed by atoms with E-state index >= 15 is 0 Å². The summed E-state index contributed by atoms with van der Waals surface area (Å²) in [6.07, 6.45) is 0. The van der Waals surface area contributed by atoms with E-state index in [-0.39, 0.29) is 5.41 Å². The highest BCUT2D eigenvalue weighted by Gasteiger charge is 2.21. The molecule has 0 aliphatic rings. The summed E-state index contributed by atoms with van der Waals surface area (Å²) in [5.74, 6) is 0.387. The van der Waals surface area contributed by atoms with E-state index in [1.807, 2.05) is 12.1 Å². The summed E-state index contributed by atoms with van der Waals surface area (Å²) in [6.45, 7) is 11.2. The lowest BCUT2D eigenvalue weighted by Crippen LogP contribution is -2.10. The minimum absolute atomic E-state index is 0.0225. The molecule has 0 atom stereocenters. The molecule has 0 spiro atoms. The van der Waals surface area contributed by atoms with Crippen LogP contribution in [0.4, 0.5) is 0 Å². The zero-order valence-corrected chi connectivity index (χ0v) is 19.8. The van der Waals surface area contributed by atoms with E-state index in [1.54, 1.807) is 0 Å². The van der Waals surface area contributed by atoms with Gasteiger partial charge in [-0.15, -0.1) is 0 Å². The first kappa shape index (κ1) is 20.1. The van der Waals surface area contributed by atoms with Crippen LogP contribution in [-0.2, 0) is 5.41 Å². The lowest BCUT2D eigenvalue weighted by Gasteiger charge is -2.18. The van der Waals surface area contributed by atoms with E-state index in [2.05, 4.69) is 95.3 Å². The average molecular weight is 433 g/mol. The second kappa shape index (κ2) is 6.99. The zero-order chi connectivity index (χ0) is 22.9. The fraction of sp³-hybridized carbons (Fsp3) is 0.226. The van der Waals surface area contributed by atoms with Gasteiger partial charge in [-0.25, -0.2) is 0 Å². The van der Waals surface area contributed by atoms with E-state index in [1.165, 1.54) is 27.3 Å². The Kier molecular flexibility index (Phi) is 4.26. The smallest absolute Gasteiger partial charge is 0.139 e. The summed E-state index contributed by atoms with van der Waals surface area (Å²) in [5.41, 5.74) is 8.67. The third kappa shape index (κ3) is 3.08. The fourth-order valence-electron chi connectivity index (χ4n) is 5.08. The Hall–Kier alpha value is -3.52. The van der Waals surface area contributed by atoms with Crippen molar-refractivity contribution in [2.24, 2.45) is 0 Å². The maximum Gasteiger partial charge on any atom is 0.139 e. The maximum absolute atomic E-state index is 6.46. The Labute approximate surface area is 193 Å². The van der Waals surface area contributed by atoms with E-state index in [9.17, 15) is 0 Å². The standard InChI is InChI=1S/C31H28O2/c1-18(2)24-15-20(17-28-29(24)23-9-6-7-12-26(23)32-28)19-13-14-21-22-10-8-11-25(31(3,4)5)30(22)33-27(21)16-19/h6-18H,1-5H3. The molecule has 2 aromatic heterocycles. The minimum Gasteiger partial charge on any atom is -0.456 e. The van der Waals surface area contributed by atoms with Gasteiger partial charge in [-0.2, -0.15) is 0 Å². The van der Waals surface area contributed by atoms with Gasteiger partial charge in [0.25, 0.3) is 0 Å². The summed E-state index contributed by atoms with van der Waals surface area (Å²) in [4.78, 5) is 0. The van der Waals surface area contributed by atoms with Crippen molar-refractivity contribution < 1.29 is 8.83 Å². The van der Waals surface area contributed by atoms with Crippen molar-refractivity contribution in [3.63, 3.8) is 0 Å². The molecule has 0 fully saturated rings. The van der Waals surface area contributed by atoms with Gasteiger partial charge < -0.3 is 8.83 Å². The summed E-state index contributed by atoms with van der Waals surface area (Å²) in [6, 6.07) is 25.8. The van der Waals surface area contributed by atoms with Crippen molar-refractivity contribution in [1.82, 2.24) is 0 Å². The fourth-order valence-corrected chi connectivity index (χ4v) is 5.08. The number of furan rings is 2. The van der Waals surface area contributed by atoms with Crippen LogP contribution in [0.3, 0.4) is 0 Å². The van der Waals surface area contributed by atoms with Gasteiger partial charge in [0, 0.05) is 27.1 Å². The molecule has 2 nitrogen and oxygen atoms in total. The highest BCUT2D eigenvalue weighted by molar-refractivity contribution is 6.09. The molecule has 0 saturated heterocycles. The van der Waals surface area contributed by atoms with E-state index < -0.39 is 0 Å². The molecule has 0 amide bonds. The van der Waals surface area contributed by atoms with Gasteiger partial charge in [0.2, 0.25) is 0 Å². The van der Waals surface area contributed by atoms with Gasteiger partial charge in [-0.1, -0.05) is 83.1 Å². The number of benzene rings is 4. The molecular formula is C31H28O2. The van der Waals surface area contributed by atoms with Crippen molar-refractivity contribution in [1.29, 1.82) is 0 Å². The number of hydrogen-bond acceptors (Lipinski definition) is 2. The van der Waals surface area contributed by atoms with Gasteiger partial charge in [0.15, 0.2) is 0 Å². The quantitative estimate of drug-likeness (QED) is 0.272. The third-order valence-corrected chi connectivity index (χ3v) is 6.77. The zero-order valence-electron chi connectivity index (χ0n) is 19.8. The van der Waals surface area contributed by atoms with Crippen LogP contribution in [0.25, 0.3) is 55.0 Å². The van der Waals surface area contributed by atoms with Crippen LogP contribution in [0.15, 0.2) is 81.6 Å². The summed E-state index contributed by atoms with van der Waals surface area (Å²) >= 11 is 0. The molecule has 2 heterocycles. The van der Waals surface area contributed by atoms with Gasteiger partial charge in [-0.3, -0.25) is 0 Å². The van der Waals surface area contributed by atoms with Crippen LogP contribution >= 0.6 is 0 Å². The van der Waals surface area contributed by atoms with Crippen LogP contribution in [0.1, 0.15) is 51.7 Å². The van der Waals surface area contributed by atoms with Crippen LogP contribution in [0.5, 0.6) is 0 Å². The van der Waals surface area contributed by atoms with Crippen LogP contribution < -0.4 is 0 Å². The Morgan fingerprint density at radius 2 is 1.39 bits per heavy atom. The molecule has 4 aromatic carbocycles. The molecule has 0 unspecified atom stereocenters.